The zero-order valence-electron chi connectivity index (χ0n) is 13.5. The normalized spacial score (nSPS) is 10.2. The minimum atomic E-state index is -0.687. The molecule has 0 atom stereocenters. The van der Waals surface area contributed by atoms with Crippen molar-refractivity contribution in [3.05, 3.63) is 39.7 Å². The van der Waals surface area contributed by atoms with Gasteiger partial charge in [-0.2, -0.15) is 0 Å². The van der Waals surface area contributed by atoms with Gasteiger partial charge >= 0.3 is 11.9 Å². The molecule has 24 heavy (non-hydrogen) atoms. The maximum absolute atomic E-state index is 13.5. The summed E-state index contributed by atoms with van der Waals surface area (Å²) in [5.41, 5.74) is -0.353. The van der Waals surface area contributed by atoms with Crippen LogP contribution in [0.3, 0.4) is 0 Å². The third kappa shape index (κ3) is 7.17. The van der Waals surface area contributed by atoms with Crippen LogP contribution in [0.15, 0.2) is 18.2 Å². The number of nitrogens with zero attached hydrogens (tertiary/aromatic N) is 1. The summed E-state index contributed by atoms with van der Waals surface area (Å²) < 4.78 is 23.3. The molecule has 0 heterocycles. The average molecular weight is 341 g/mol. The van der Waals surface area contributed by atoms with Crippen molar-refractivity contribution >= 4 is 17.6 Å². The molecule has 132 valence electrons. The second-order valence-electron chi connectivity index (χ2n) is 5.12. The maximum Gasteiger partial charge on any atom is 0.306 e. The van der Waals surface area contributed by atoms with Crippen molar-refractivity contribution in [2.75, 3.05) is 6.61 Å². The van der Waals surface area contributed by atoms with E-state index < -0.39 is 23.3 Å². The summed E-state index contributed by atoms with van der Waals surface area (Å²) in [4.78, 5) is 32.9. The number of esters is 2. The van der Waals surface area contributed by atoms with Gasteiger partial charge in [-0.05, 0) is 18.9 Å². The molecule has 0 saturated carbocycles. The van der Waals surface area contributed by atoms with E-state index in [4.69, 9.17) is 9.47 Å². The van der Waals surface area contributed by atoms with Gasteiger partial charge < -0.3 is 9.47 Å². The highest BCUT2D eigenvalue weighted by atomic mass is 19.1. The number of benzene rings is 1. The quantitative estimate of drug-likeness (QED) is 0.280. The Balaban J connectivity index is 2.33. The summed E-state index contributed by atoms with van der Waals surface area (Å²) in [5.74, 6) is -1.67. The molecule has 0 saturated heterocycles. The summed E-state index contributed by atoms with van der Waals surface area (Å²) in [6.45, 7) is 1.95. The molecule has 0 aliphatic carbocycles. The Labute approximate surface area is 138 Å². The fourth-order valence-electron chi connectivity index (χ4n) is 1.80. The number of carbonyl (C=O) groups excluding carboxylic acids is 2. The molecule has 0 amide bonds. The van der Waals surface area contributed by atoms with E-state index in [-0.39, 0.29) is 36.5 Å². The van der Waals surface area contributed by atoms with Crippen molar-refractivity contribution in [3.63, 3.8) is 0 Å². The number of nitro benzene ring substituents is 1. The molecule has 0 aromatic heterocycles. The Morgan fingerprint density at radius 3 is 2.46 bits per heavy atom. The van der Waals surface area contributed by atoms with Crippen LogP contribution in [0.25, 0.3) is 0 Å². The Hall–Kier alpha value is -2.51. The summed E-state index contributed by atoms with van der Waals surface area (Å²) in [7, 11) is 0. The van der Waals surface area contributed by atoms with E-state index in [1.807, 2.05) is 6.92 Å². The highest BCUT2D eigenvalue weighted by Crippen LogP contribution is 2.17. The lowest BCUT2D eigenvalue weighted by Gasteiger charge is -2.06. The van der Waals surface area contributed by atoms with Crippen molar-refractivity contribution in [3.8, 4) is 0 Å². The van der Waals surface area contributed by atoms with Gasteiger partial charge in [0.05, 0.1) is 11.5 Å². The second kappa shape index (κ2) is 10.3. The van der Waals surface area contributed by atoms with Gasteiger partial charge in [0.1, 0.15) is 12.4 Å². The molecule has 0 aliphatic heterocycles. The lowest BCUT2D eigenvalue weighted by atomic mass is 10.2. The molecule has 0 bridgehead atoms. The largest absolute Gasteiger partial charge is 0.466 e. The third-order valence-corrected chi connectivity index (χ3v) is 3.15. The number of hydrogen-bond donors (Lipinski definition) is 0. The van der Waals surface area contributed by atoms with Gasteiger partial charge in [-0.25, -0.2) is 4.39 Å². The first-order valence-electron chi connectivity index (χ1n) is 7.68. The molecule has 0 spiro atoms. The van der Waals surface area contributed by atoms with Gasteiger partial charge in [-0.1, -0.05) is 13.3 Å². The Morgan fingerprint density at radius 1 is 1.17 bits per heavy atom. The van der Waals surface area contributed by atoms with Crippen molar-refractivity contribution in [1.82, 2.24) is 0 Å². The maximum atomic E-state index is 13.5. The van der Waals surface area contributed by atoms with E-state index in [2.05, 4.69) is 0 Å². The minimum absolute atomic E-state index is 0.0145. The van der Waals surface area contributed by atoms with Crippen LogP contribution in [0, 0.1) is 15.9 Å². The van der Waals surface area contributed by atoms with Crippen LogP contribution in [0.2, 0.25) is 0 Å². The summed E-state index contributed by atoms with van der Waals surface area (Å²) >= 11 is 0. The first-order chi connectivity index (χ1) is 11.4. The molecule has 1 aromatic rings. The van der Waals surface area contributed by atoms with Crippen molar-refractivity contribution in [1.29, 1.82) is 0 Å². The van der Waals surface area contributed by atoms with Gasteiger partial charge in [0.15, 0.2) is 0 Å². The second-order valence-corrected chi connectivity index (χ2v) is 5.12. The van der Waals surface area contributed by atoms with Crippen LogP contribution in [-0.2, 0) is 25.7 Å². The van der Waals surface area contributed by atoms with Crippen molar-refractivity contribution in [2.45, 2.75) is 45.6 Å². The monoisotopic (exact) mass is 341 g/mol. The highest BCUT2D eigenvalue weighted by Gasteiger charge is 2.13. The van der Waals surface area contributed by atoms with Crippen LogP contribution >= 0.6 is 0 Å². The number of unbranched alkanes of at least 4 members (excludes halogenated alkanes) is 1. The lowest BCUT2D eigenvalue weighted by molar-refractivity contribution is -0.385. The Bertz CT molecular complexity index is 590. The Kier molecular flexibility index (Phi) is 8.38. The zero-order valence-corrected chi connectivity index (χ0v) is 13.5. The summed E-state index contributed by atoms with van der Waals surface area (Å²) in [6.07, 6.45) is 2.07. The number of rotatable bonds is 10. The van der Waals surface area contributed by atoms with E-state index in [1.165, 1.54) is 0 Å². The minimum Gasteiger partial charge on any atom is -0.466 e. The van der Waals surface area contributed by atoms with E-state index in [1.54, 1.807) is 0 Å². The highest BCUT2D eigenvalue weighted by molar-refractivity contribution is 5.72. The first kappa shape index (κ1) is 19.5. The standard InChI is InChI=1S/C16H20FNO6/c1-2-3-9-23-15(19)5-4-6-16(20)24-11-12-10-13(18(21)22)7-8-14(12)17/h7-8,10H,2-6,9,11H2,1H3. The summed E-state index contributed by atoms with van der Waals surface area (Å²) in [5, 5.41) is 10.6. The van der Waals surface area contributed by atoms with Crippen LogP contribution in [0.5, 0.6) is 0 Å². The van der Waals surface area contributed by atoms with E-state index >= 15 is 0 Å². The first-order valence-corrected chi connectivity index (χ1v) is 7.68. The fraction of sp³-hybridized carbons (Fsp3) is 0.500. The number of carbonyl (C=O) groups is 2. The number of hydrogen-bond acceptors (Lipinski definition) is 6. The van der Waals surface area contributed by atoms with Crippen LogP contribution < -0.4 is 0 Å². The predicted octanol–water partition coefficient (Wildman–Crippen LogP) is 3.29. The SMILES string of the molecule is CCCCOC(=O)CCCC(=O)OCc1cc([N+](=O)[O-])ccc1F. The number of ether oxygens (including phenoxy) is 2. The smallest absolute Gasteiger partial charge is 0.306 e. The molecule has 0 N–H and O–H groups in total. The van der Waals surface area contributed by atoms with Crippen molar-refractivity contribution < 1.29 is 28.4 Å². The molecule has 8 heteroatoms. The topological polar surface area (TPSA) is 95.7 Å². The zero-order chi connectivity index (χ0) is 17.9. The molecule has 7 nitrogen and oxygen atoms in total. The molecular weight excluding hydrogens is 321 g/mol. The van der Waals surface area contributed by atoms with Gasteiger partial charge in [0.25, 0.3) is 5.69 Å². The average Bonchev–Trinajstić information content (AvgIpc) is 2.54. The number of non-ortho nitro benzene ring substituents is 1. The van der Waals surface area contributed by atoms with Gasteiger partial charge in [0, 0.05) is 30.5 Å². The number of halogens is 1. The van der Waals surface area contributed by atoms with Crippen LogP contribution in [0.1, 0.15) is 44.6 Å². The van der Waals surface area contributed by atoms with E-state index in [0.29, 0.717) is 6.61 Å². The van der Waals surface area contributed by atoms with Crippen LogP contribution in [0.4, 0.5) is 10.1 Å². The summed E-state index contributed by atoms with van der Waals surface area (Å²) in [6, 6.07) is 3.01. The molecule has 0 fully saturated rings. The van der Waals surface area contributed by atoms with Gasteiger partial charge in [-0.3, -0.25) is 19.7 Å². The molecule has 1 rings (SSSR count). The number of nitro groups is 1. The fourth-order valence-corrected chi connectivity index (χ4v) is 1.80. The molecule has 0 unspecified atom stereocenters. The predicted molar refractivity (Wildman–Crippen MR) is 82.6 cm³/mol. The third-order valence-electron chi connectivity index (χ3n) is 3.15. The Morgan fingerprint density at radius 2 is 1.83 bits per heavy atom. The molecule has 0 aliphatic rings. The lowest BCUT2D eigenvalue weighted by Crippen LogP contribution is -2.09. The van der Waals surface area contributed by atoms with Gasteiger partial charge in [0.2, 0.25) is 0 Å². The van der Waals surface area contributed by atoms with Crippen LogP contribution in [-0.4, -0.2) is 23.5 Å². The molecular formula is C16H20FNO6. The van der Waals surface area contributed by atoms with E-state index in [9.17, 15) is 24.1 Å². The van der Waals surface area contributed by atoms with Gasteiger partial charge in [-0.15, -0.1) is 0 Å². The molecule has 1 aromatic carbocycles. The van der Waals surface area contributed by atoms with E-state index in [0.717, 1.165) is 31.0 Å². The molecule has 0 radical (unpaired) electrons. The van der Waals surface area contributed by atoms with Crippen molar-refractivity contribution in [2.24, 2.45) is 0 Å².